The lowest BCUT2D eigenvalue weighted by atomic mass is 10.2. The van der Waals surface area contributed by atoms with Crippen molar-refractivity contribution in [3.8, 4) is 0 Å². The molecule has 0 aromatic heterocycles. The lowest BCUT2D eigenvalue weighted by Gasteiger charge is -2.16. The topological polar surface area (TPSA) is 124 Å². The van der Waals surface area contributed by atoms with E-state index in [2.05, 4.69) is 4.72 Å². The number of aliphatic carboxylic acids is 1. The summed E-state index contributed by atoms with van der Waals surface area (Å²) >= 11 is 0. The number of benzene rings is 1. The largest absolute Gasteiger partial charge is 0.480 e. The Bertz CT molecular complexity index is 581. The average Bonchev–Trinajstić information content (AvgIpc) is 2.28. The van der Waals surface area contributed by atoms with Crippen LogP contribution in [0.4, 0.5) is 5.69 Å². The van der Waals surface area contributed by atoms with Gasteiger partial charge >= 0.3 is 22.1 Å². The average molecular weight is 288 g/mol. The number of anilines is 1. The highest BCUT2D eigenvalue weighted by Gasteiger charge is 2.20. The van der Waals surface area contributed by atoms with Gasteiger partial charge in [-0.05, 0) is 24.3 Å². The van der Waals surface area contributed by atoms with Crippen LogP contribution in [0.2, 0.25) is 0 Å². The van der Waals surface area contributed by atoms with Crippen molar-refractivity contribution in [2.75, 3.05) is 18.3 Å². The van der Waals surface area contributed by atoms with E-state index in [9.17, 15) is 18.0 Å². The van der Waals surface area contributed by atoms with Crippen LogP contribution in [-0.4, -0.2) is 48.5 Å². The summed E-state index contributed by atoms with van der Waals surface area (Å²) in [6.45, 7) is -0.678. The third kappa shape index (κ3) is 4.23. The first-order chi connectivity index (χ1) is 8.72. The number of hydrogen-bond acceptors (Lipinski definition) is 4. The van der Waals surface area contributed by atoms with E-state index < -0.39 is 28.7 Å². The zero-order valence-corrected chi connectivity index (χ0v) is 10.7. The predicted octanol–water partition coefficient (Wildman–Crippen LogP) is 0.0579. The number of carboxylic acids is 2. The minimum atomic E-state index is -3.99. The molecule has 19 heavy (non-hydrogen) atoms. The molecule has 104 valence electrons. The molecule has 3 N–H and O–H groups in total. The Morgan fingerprint density at radius 3 is 2.16 bits per heavy atom. The van der Waals surface area contributed by atoms with Crippen molar-refractivity contribution < 1.29 is 28.2 Å². The number of hydrogen-bond donors (Lipinski definition) is 3. The first kappa shape index (κ1) is 14.9. The molecule has 0 radical (unpaired) electrons. The Morgan fingerprint density at radius 1 is 1.21 bits per heavy atom. The summed E-state index contributed by atoms with van der Waals surface area (Å²) in [6, 6.07) is 5.01. The maximum absolute atomic E-state index is 11.7. The number of rotatable bonds is 6. The Labute approximate surface area is 109 Å². The molecule has 0 spiro atoms. The number of likely N-dealkylation sites (N-methyl/N-ethyl adjacent to an activating group) is 1. The Hall–Kier alpha value is -2.13. The van der Waals surface area contributed by atoms with E-state index in [-0.39, 0.29) is 11.3 Å². The molecule has 0 aliphatic heterocycles. The van der Waals surface area contributed by atoms with Gasteiger partial charge < -0.3 is 10.2 Å². The van der Waals surface area contributed by atoms with Gasteiger partial charge in [-0.3, -0.25) is 9.52 Å². The molecule has 1 rings (SSSR count). The fraction of sp³-hybridized carbons (Fsp3) is 0.200. The van der Waals surface area contributed by atoms with Gasteiger partial charge in [0.1, 0.15) is 6.54 Å². The number of nitrogens with zero attached hydrogens (tertiary/aromatic N) is 1. The molecular formula is C10H12N2O6S. The van der Waals surface area contributed by atoms with E-state index in [1.807, 2.05) is 0 Å². The minimum Gasteiger partial charge on any atom is -0.480 e. The quantitative estimate of drug-likeness (QED) is 0.679. The van der Waals surface area contributed by atoms with Gasteiger partial charge in [0.05, 0.1) is 5.56 Å². The SMILES string of the molecule is CN(CC(=O)O)S(=O)(=O)Nc1ccc(C(=O)O)cc1. The Balaban J connectivity index is 2.83. The molecule has 8 nitrogen and oxygen atoms in total. The van der Waals surface area contributed by atoms with Gasteiger partial charge in [-0.2, -0.15) is 12.7 Å². The van der Waals surface area contributed by atoms with Gasteiger partial charge in [0.15, 0.2) is 0 Å². The zero-order valence-electron chi connectivity index (χ0n) is 9.90. The summed E-state index contributed by atoms with van der Waals surface area (Å²) in [4.78, 5) is 21.0. The van der Waals surface area contributed by atoms with Crippen LogP contribution in [0, 0.1) is 0 Å². The summed E-state index contributed by atoms with van der Waals surface area (Å²) < 4.78 is 26.1. The summed E-state index contributed by atoms with van der Waals surface area (Å²) in [6.07, 6.45) is 0. The second-order valence-electron chi connectivity index (χ2n) is 3.64. The van der Waals surface area contributed by atoms with Crippen molar-refractivity contribution in [2.45, 2.75) is 0 Å². The molecular weight excluding hydrogens is 276 g/mol. The fourth-order valence-electron chi connectivity index (χ4n) is 1.18. The van der Waals surface area contributed by atoms with Crippen molar-refractivity contribution >= 4 is 27.8 Å². The molecule has 0 bridgehead atoms. The Kier molecular flexibility index (Phi) is 4.46. The highest BCUT2D eigenvalue weighted by atomic mass is 32.2. The molecule has 0 atom stereocenters. The smallest absolute Gasteiger partial charge is 0.335 e. The van der Waals surface area contributed by atoms with E-state index in [0.29, 0.717) is 4.31 Å². The monoisotopic (exact) mass is 288 g/mol. The van der Waals surface area contributed by atoms with Crippen molar-refractivity contribution in [3.63, 3.8) is 0 Å². The van der Waals surface area contributed by atoms with E-state index in [4.69, 9.17) is 10.2 Å². The summed E-state index contributed by atoms with van der Waals surface area (Å²) in [5.74, 6) is -2.41. The number of nitrogens with one attached hydrogen (secondary N) is 1. The number of carbonyl (C=O) groups is 2. The highest BCUT2D eigenvalue weighted by Crippen LogP contribution is 2.12. The van der Waals surface area contributed by atoms with Crippen LogP contribution < -0.4 is 4.72 Å². The van der Waals surface area contributed by atoms with Crippen LogP contribution in [0.1, 0.15) is 10.4 Å². The molecule has 0 fully saturated rings. The van der Waals surface area contributed by atoms with E-state index in [1.54, 1.807) is 0 Å². The normalized spacial score (nSPS) is 11.3. The highest BCUT2D eigenvalue weighted by molar-refractivity contribution is 7.90. The number of aromatic carboxylic acids is 1. The van der Waals surface area contributed by atoms with E-state index >= 15 is 0 Å². The van der Waals surface area contributed by atoms with Gasteiger partial charge in [-0.1, -0.05) is 0 Å². The second kappa shape index (κ2) is 5.67. The summed E-state index contributed by atoms with van der Waals surface area (Å²) in [7, 11) is -2.87. The summed E-state index contributed by atoms with van der Waals surface area (Å²) in [5.41, 5.74) is 0.157. The molecule has 9 heteroatoms. The van der Waals surface area contributed by atoms with Crippen LogP contribution in [0.15, 0.2) is 24.3 Å². The molecule has 1 aromatic rings. The van der Waals surface area contributed by atoms with Crippen LogP contribution in [0.5, 0.6) is 0 Å². The minimum absolute atomic E-state index is 0.0156. The molecule has 0 heterocycles. The van der Waals surface area contributed by atoms with Crippen LogP contribution in [0.3, 0.4) is 0 Å². The van der Waals surface area contributed by atoms with Gasteiger partial charge in [-0.25, -0.2) is 4.79 Å². The Morgan fingerprint density at radius 2 is 1.74 bits per heavy atom. The standard InChI is InChI=1S/C10H12N2O6S/c1-12(6-9(13)14)19(17,18)11-8-4-2-7(3-5-8)10(15)16/h2-5,11H,6H2,1H3,(H,13,14)(H,15,16). The molecule has 1 aromatic carbocycles. The van der Waals surface area contributed by atoms with Gasteiger partial charge in [-0.15, -0.1) is 0 Å². The van der Waals surface area contributed by atoms with Gasteiger partial charge in [0, 0.05) is 12.7 Å². The predicted molar refractivity (Wildman–Crippen MR) is 66.2 cm³/mol. The summed E-state index contributed by atoms with van der Waals surface area (Å²) in [5, 5.41) is 17.2. The van der Waals surface area contributed by atoms with Gasteiger partial charge in [0.25, 0.3) is 0 Å². The molecule has 0 aliphatic carbocycles. The molecule has 0 saturated carbocycles. The van der Waals surface area contributed by atoms with Crippen LogP contribution >= 0.6 is 0 Å². The van der Waals surface area contributed by atoms with Gasteiger partial charge in [0.2, 0.25) is 0 Å². The van der Waals surface area contributed by atoms with Crippen LogP contribution in [0.25, 0.3) is 0 Å². The van der Waals surface area contributed by atoms with E-state index in [0.717, 1.165) is 7.05 Å². The van der Waals surface area contributed by atoms with Crippen LogP contribution in [-0.2, 0) is 15.0 Å². The first-order valence-corrected chi connectivity index (χ1v) is 6.45. The molecule has 0 amide bonds. The van der Waals surface area contributed by atoms with E-state index in [1.165, 1.54) is 24.3 Å². The maximum atomic E-state index is 11.7. The second-order valence-corrected chi connectivity index (χ2v) is 5.42. The lowest BCUT2D eigenvalue weighted by Crippen LogP contribution is -2.36. The van der Waals surface area contributed by atoms with Crippen molar-refractivity contribution in [1.29, 1.82) is 0 Å². The molecule has 0 unspecified atom stereocenters. The van der Waals surface area contributed by atoms with Crippen molar-refractivity contribution in [2.24, 2.45) is 0 Å². The first-order valence-electron chi connectivity index (χ1n) is 5.01. The molecule has 0 saturated heterocycles. The van der Waals surface area contributed by atoms with Crippen molar-refractivity contribution in [1.82, 2.24) is 4.31 Å². The fourth-order valence-corrected chi connectivity index (χ4v) is 2.05. The third-order valence-corrected chi connectivity index (χ3v) is 3.59. The third-order valence-electron chi connectivity index (χ3n) is 2.15. The maximum Gasteiger partial charge on any atom is 0.335 e. The lowest BCUT2D eigenvalue weighted by molar-refractivity contribution is -0.137. The van der Waals surface area contributed by atoms with Crippen molar-refractivity contribution in [3.05, 3.63) is 29.8 Å². The molecule has 0 aliphatic rings. The number of carboxylic acid groups (broad SMARTS) is 2. The zero-order chi connectivity index (χ0) is 14.6.